The fraction of sp³-hybridized carbons (Fsp3) is 0.889. The molecule has 56 valence electrons. The zero-order valence-electron chi connectivity index (χ0n) is 7.36. The Morgan fingerprint density at radius 2 is 1.78 bits per heavy atom. The summed E-state index contributed by atoms with van der Waals surface area (Å²) < 4.78 is 0. The summed E-state index contributed by atoms with van der Waals surface area (Å²) in [5.74, 6) is 0.722. The minimum atomic E-state index is 0.439. The van der Waals surface area contributed by atoms with Crippen molar-refractivity contribution >= 4 is 0 Å². The van der Waals surface area contributed by atoms with Crippen molar-refractivity contribution in [3.63, 3.8) is 0 Å². The average molecular weight is 127 g/mol. The lowest BCUT2D eigenvalue weighted by atomic mass is 9.82. The van der Waals surface area contributed by atoms with E-state index in [1.807, 2.05) is 0 Å². The van der Waals surface area contributed by atoms with Crippen molar-refractivity contribution in [3.8, 4) is 0 Å². The lowest BCUT2D eigenvalue weighted by Gasteiger charge is -2.36. The molecule has 0 nitrogen and oxygen atoms in total. The Morgan fingerprint density at radius 3 is 1.89 bits per heavy atom. The van der Waals surface area contributed by atoms with Crippen LogP contribution in [0, 0.1) is 17.8 Å². The Morgan fingerprint density at radius 1 is 1.33 bits per heavy atom. The van der Waals surface area contributed by atoms with Crippen LogP contribution < -0.4 is 0 Å². The molecule has 0 fully saturated rings. The smallest absolute Gasteiger partial charge is 0.0673 e. The second-order valence-electron chi connectivity index (χ2n) is 3.75. The summed E-state index contributed by atoms with van der Waals surface area (Å²) in [5, 5.41) is 0. The topological polar surface area (TPSA) is 0 Å². The van der Waals surface area contributed by atoms with E-state index < -0.39 is 0 Å². The molecule has 0 saturated carbocycles. The summed E-state index contributed by atoms with van der Waals surface area (Å²) in [7, 11) is 0. The van der Waals surface area contributed by atoms with Crippen molar-refractivity contribution in [2.75, 3.05) is 0 Å². The maximum absolute atomic E-state index is 2.41. The molecule has 0 radical (unpaired) electrons. The van der Waals surface area contributed by atoms with Crippen LogP contribution >= 0.6 is 0 Å². The second kappa shape index (κ2) is 3.24. The van der Waals surface area contributed by atoms with Crippen LogP contribution in [0.4, 0.5) is 0 Å². The first-order chi connectivity index (χ1) is 3.98. The van der Waals surface area contributed by atoms with E-state index in [1.54, 1.807) is 0 Å². The summed E-state index contributed by atoms with van der Waals surface area (Å²) in [4.78, 5) is 0. The standard InChI is InChI=1S/C9H19/c1-6-9(4,5)7-8(2)3/h7-8H,6H2,1-5H3/q-1. The lowest BCUT2D eigenvalue weighted by Crippen LogP contribution is -2.13. The van der Waals surface area contributed by atoms with E-state index >= 15 is 0 Å². The van der Waals surface area contributed by atoms with Gasteiger partial charge in [0.05, 0.1) is 0 Å². The van der Waals surface area contributed by atoms with E-state index in [2.05, 4.69) is 41.0 Å². The van der Waals surface area contributed by atoms with Crippen LogP contribution in [0.25, 0.3) is 0 Å². The van der Waals surface area contributed by atoms with Gasteiger partial charge < -0.3 is 6.42 Å². The highest BCUT2D eigenvalue weighted by molar-refractivity contribution is 4.85. The molecular weight excluding hydrogens is 108 g/mol. The zero-order chi connectivity index (χ0) is 7.49. The molecule has 0 heterocycles. The van der Waals surface area contributed by atoms with E-state index in [4.69, 9.17) is 0 Å². The molecule has 0 N–H and O–H groups in total. The van der Waals surface area contributed by atoms with Crippen LogP contribution in [0.1, 0.15) is 41.0 Å². The van der Waals surface area contributed by atoms with E-state index in [0.717, 1.165) is 5.92 Å². The normalized spacial score (nSPS) is 12.7. The van der Waals surface area contributed by atoms with Gasteiger partial charge in [0.2, 0.25) is 0 Å². The van der Waals surface area contributed by atoms with Crippen molar-refractivity contribution in [1.82, 2.24) is 0 Å². The lowest BCUT2D eigenvalue weighted by molar-refractivity contribution is 0.380. The number of rotatable bonds is 3. The highest BCUT2D eigenvalue weighted by atomic mass is 14.2. The Balaban J connectivity index is 3.58. The van der Waals surface area contributed by atoms with Crippen LogP contribution in [0.3, 0.4) is 0 Å². The fourth-order valence-corrected chi connectivity index (χ4v) is 1.02. The molecular formula is C9H19-. The maximum atomic E-state index is 2.41. The monoisotopic (exact) mass is 127 g/mol. The van der Waals surface area contributed by atoms with Crippen LogP contribution in [0.5, 0.6) is 0 Å². The van der Waals surface area contributed by atoms with Crippen molar-refractivity contribution in [1.29, 1.82) is 0 Å². The molecule has 0 saturated heterocycles. The van der Waals surface area contributed by atoms with E-state index in [9.17, 15) is 0 Å². The van der Waals surface area contributed by atoms with Gasteiger partial charge in [-0.1, -0.05) is 41.0 Å². The summed E-state index contributed by atoms with van der Waals surface area (Å²) in [6, 6.07) is 0. The summed E-state index contributed by atoms with van der Waals surface area (Å²) in [5.41, 5.74) is 0.439. The molecule has 0 amide bonds. The average Bonchev–Trinajstić information content (AvgIpc) is 1.63. The first-order valence-electron chi connectivity index (χ1n) is 3.84. The zero-order valence-corrected chi connectivity index (χ0v) is 7.36. The second-order valence-corrected chi connectivity index (χ2v) is 3.75. The first kappa shape index (κ1) is 9.00. The molecule has 0 heteroatoms. The van der Waals surface area contributed by atoms with Crippen molar-refractivity contribution < 1.29 is 0 Å². The first-order valence-corrected chi connectivity index (χ1v) is 3.84. The van der Waals surface area contributed by atoms with Gasteiger partial charge in [-0.25, -0.2) is 0 Å². The molecule has 0 atom stereocenters. The van der Waals surface area contributed by atoms with Gasteiger partial charge in [-0.15, -0.1) is 0 Å². The molecule has 0 aliphatic rings. The van der Waals surface area contributed by atoms with Crippen molar-refractivity contribution in [3.05, 3.63) is 6.42 Å². The third-order valence-corrected chi connectivity index (χ3v) is 1.70. The van der Waals surface area contributed by atoms with E-state index in [1.165, 1.54) is 6.42 Å². The highest BCUT2D eigenvalue weighted by Gasteiger charge is 2.04. The molecule has 0 rings (SSSR count). The molecule has 0 aliphatic carbocycles. The Labute approximate surface area is 59.7 Å². The quantitative estimate of drug-likeness (QED) is 0.510. The molecule has 0 bridgehead atoms. The van der Waals surface area contributed by atoms with Gasteiger partial charge in [-0.2, -0.15) is 11.3 Å². The minimum absolute atomic E-state index is 0.439. The SMILES string of the molecule is CCC(C)(C)[CH-]C(C)C. The highest BCUT2D eigenvalue weighted by Crippen LogP contribution is 2.26. The van der Waals surface area contributed by atoms with Crippen LogP contribution in [-0.2, 0) is 0 Å². The summed E-state index contributed by atoms with van der Waals surface area (Å²) >= 11 is 0. The van der Waals surface area contributed by atoms with E-state index in [0.29, 0.717) is 5.41 Å². The number of hydrogen-bond acceptors (Lipinski definition) is 0. The largest absolute Gasteiger partial charge is 0.320 e. The fourth-order valence-electron chi connectivity index (χ4n) is 1.02. The predicted octanol–water partition coefficient (Wildman–Crippen LogP) is 3.28. The maximum Gasteiger partial charge on any atom is -0.0673 e. The van der Waals surface area contributed by atoms with Gasteiger partial charge in [-0.05, 0) is 0 Å². The van der Waals surface area contributed by atoms with Gasteiger partial charge in [0.15, 0.2) is 0 Å². The summed E-state index contributed by atoms with van der Waals surface area (Å²) in [6.07, 6.45) is 3.65. The van der Waals surface area contributed by atoms with E-state index in [-0.39, 0.29) is 0 Å². The molecule has 0 aromatic carbocycles. The minimum Gasteiger partial charge on any atom is -0.320 e. The van der Waals surface area contributed by atoms with Crippen molar-refractivity contribution in [2.24, 2.45) is 11.3 Å². The van der Waals surface area contributed by atoms with Crippen LogP contribution in [0.2, 0.25) is 0 Å². The molecule has 9 heavy (non-hydrogen) atoms. The predicted molar refractivity (Wildman–Crippen MR) is 43.2 cm³/mol. The van der Waals surface area contributed by atoms with Gasteiger partial charge in [0.25, 0.3) is 0 Å². The van der Waals surface area contributed by atoms with Crippen molar-refractivity contribution in [2.45, 2.75) is 41.0 Å². The molecule has 0 spiro atoms. The molecule has 0 aliphatic heterocycles. The van der Waals surface area contributed by atoms with Crippen LogP contribution in [-0.4, -0.2) is 0 Å². The number of hydrogen-bond donors (Lipinski definition) is 0. The van der Waals surface area contributed by atoms with Gasteiger partial charge >= 0.3 is 0 Å². The van der Waals surface area contributed by atoms with Gasteiger partial charge in [0.1, 0.15) is 0 Å². The van der Waals surface area contributed by atoms with Gasteiger partial charge in [0, 0.05) is 0 Å². The Bertz CT molecular complexity index is 70.1. The Kier molecular flexibility index (Phi) is 3.24. The summed E-state index contributed by atoms with van der Waals surface area (Å²) in [6.45, 7) is 11.3. The van der Waals surface area contributed by atoms with Gasteiger partial charge in [-0.3, -0.25) is 0 Å². The Hall–Kier alpha value is 0. The third-order valence-electron chi connectivity index (χ3n) is 1.70. The molecule has 0 aromatic rings. The molecule has 0 aromatic heterocycles. The van der Waals surface area contributed by atoms with Crippen LogP contribution in [0.15, 0.2) is 0 Å². The third kappa shape index (κ3) is 4.50. The molecule has 0 unspecified atom stereocenters.